The number of anilines is 2. The Morgan fingerprint density at radius 1 is 1.65 bits per heavy atom. The highest BCUT2D eigenvalue weighted by Crippen LogP contribution is 2.36. The topological polar surface area (TPSA) is 67.6 Å². The highest BCUT2D eigenvalue weighted by Gasteiger charge is 2.32. The maximum absolute atomic E-state index is 11.9. The van der Waals surface area contributed by atoms with E-state index in [1.807, 2.05) is 13.0 Å². The van der Waals surface area contributed by atoms with Gasteiger partial charge in [-0.3, -0.25) is 4.79 Å². The summed E-state index contributed by atoms with van der Waals surface area (Å²) < 4.78 is 5.61. The molecule has 20 heavy (non-hydrogen) atoms. The second-order valence-corrected chi connectivity index (χ2v) is 6.44. The third-order valence-electron chi connectivity index (χ3n) is 3.75. The first kappa shape index (κ1) is 15.1. The summed E-state index contributed by atoms with van der Waals surface area (Å²) in [5.74, 6) is -0.0900. The van der Waals surface area contributed by atoms with Crippen LogP contribution in [-0.2, 0) is 4.74 Å². The molecule has 0 saturated carbocycles. The third kappa shape index (κ3) is 3.07. The number of carbonyl (C=O) groups is 1. The molecule has 0 aromatic carbocycles. The van der Waals surface area contributed by atoms with E-state index in [2.05, 4.69) is 17.1 Å². The van der Waals surface area contributed by atoms with Crippen molar-refractivity contribution < 1.29 is 9.53 Å². The lowest BCUT2D eigenvalue weighted by Gasteiger charge is -2.39. The van der Waals surface area contributed by atoms with Crippen LogP contribution >= 0.6 is 11.3 Å². The Hall–Kier alpha value is -1.27. The molecule has 1 aliphatic heterocycles. The number of piperidine rings is 1. The first-order chi connectivity index (χ1) is 9.49. The molecular weight excluding hydrogens is 274 g/mol. The van der Waals surface area contributed by atoms with E-state index < -0.39 is 0 Å². The number of nitrogens with two attached hydrogens (primary N) is 1. The number of nitrogens with zero attached hydrogens (tertiary/aromatic N) is 1. The molecule has 2 rings (SSSR count). The lowest BCUT2D eigenvalue weighted by Crippen LogP contribution is -2.47. The quantitative estimate of drug-likeness (QED) is 0.893. The second kappa shape index (κ2) is 6.01. The molecule has 3 N–H and O–H groups in total. The molecule has 1 aromatic rings. The van der Waals surface area contributed by atoms with Crippen LogP contribution in [0.1, 0.15) is 36.4 Å². The van der Waals surface area contributed by atoms with Crippen molar-refractivity contribution >= 4 is 27.9 Å². The zero-order chi connectivity index (χ0) is 14.8. The van der Waals surface area contributed by atoms with Crippen molar-refractivity contribution in [1.82, 2.24) is 5.32 Å². The molecule has 1 atom stereocenters. The summed E-state index contributed by atoms with van der Waals surface area (Å²) in [6.45, 7) is 6.45. The molecule has 0 spiro atoms. The zero-order valence-corrected chi connectivity index (χ0v) is 13.2. The fraction of sp³-hybridized carbons (Fsp3) is 0.643. The van der Waals surface area contributed by atoms with Crippen molar-refractivity contribution in [2.45, 2.75) is 32.3 Å². The van der Waals surface area contributed by atoms with Gasteiger partial charge >= 0.3 is 0 Å². The van der Waals surface area contributed by atoms with Gasteiger partial charge in [-0.1, -0.05) is 0 Å². The normalized spacial score (nSPS) is 22.9. The predicted molar refractivity (Wildman–Crippen MR) is 83.6 cm³/mol. The number of carbonyl (C=O) groups excluding carboxylic acids is 1. The van der Waals surface area contributed by atoms with Gasteiger partial charge in [0.15, 0.2) is 0 Å². The van der Waals surface area contributed by atoms with Crippen molar-refractivity contribution in [2.24, 2.45) is 0 Å². The van der Waals surface area contributed by atoms with Crippen molar-refractivity contribution in [3.8, 4) is 0 Å². The van der Waals surface area contributed by atoms with Crippen LogP contribution < -0.4 is 16.0 Å². The number of thiophene rings is 1. The number of methoxy groups -OCH3 is 1. The third-order valence-corrected chi connectivity index (χ3v) is 4.97. The zero-order valence-electron chi connectivity index (χ0n) is 12.4. The van der Waals surface area contributed by atoms with Crippen LogP contribution in [0.15, 0.2) is 6.07 Å². The highest BCUT2D eigenvalue weighted by molar-refractivity contribution is 7.18. The Labute approximate surface area is 124 Å². The minimum Gasteiger partial charge on any atom is -0.397 e. The molecule has 1 unspecified atom stereocenters. The van der Waals surface area contributed by atoms with Gasteiger partial charge in [-0.05, 0) is 32.8 Å². The molecule has 5 nitrogen and oxygen atoms in total. The van der Waals surface area contributed by atoms with Crippen LogP contribution in [0.3, 0.4) is 0 Å². The van der Waals surface area contributed by atoms with Crippen molar-refractivity contribution in [3.63, 3.8) is 0 Å². The highest BCUT2D eigenvalue weighted by atomic mass is 32.1. The van der Waals surface area contributed by atoms with Crippen molar-refractivity contribution in [3.05, 3.63) is 10.9 Å². The number of hydrogen-bond acceptors (Lipinski definition) is 5. The smallest absolute Gasteiger partial charge is 0.263 e. The minimum atomic E-state index is -0.122. The molecule has 0 radical (unpaired) electrons. The van der Waals surface area contributed by atoms with Crippen LogP contribution in [-0.4, -0.2) is 38.3 Å². The van der Waals surface area contributed by atoms with Gasteiger partial charge in [0.1, 0.15) is 4.88 Å². The summed E-state index contributed by atoms with van der Waals surface area (Å²) in [5.41, 5.74) is 6.40. The number of nitrogens with one attached hydrogen (secondary N) is 1. The maximum Gasteiger partial charge on any atom is 0.263 e. The lowest BCUT2D eigenvalue weighted by molar-refractivity contribution is -0.00451. The second-order valence-electron chi connectivity index (χ2n) is 5.41. The van der Waals surface area contributed by atoms with Gasteiger partial charge in [0.2, 0.25) is 0 Å². The Balaban J connectivity index is 2.17. The van der Waals surface area contributed by atoms with Crippen molar-refractivity contribution in [2.75, 3.05) is 37.4 Å². The average Bonchev–Trinajstić information content (AvgIpc) is 2.81. The number of nitrogen functional groups attached to an aromatic ring is 1. The van der Waals surface area contributed by atoms with E-state index >= 15 is 0 Å². The Kier molecular flexibility index (Phi) is 4.55. The molecule has 0 aliphatic carbocycles. The number of rotatable bonds is 4. The molecule has 2 heterocycles. The summed E-state index contributed by atoms with van der Waals surface area (Å²) in [4.78, 5) is 14.8. The number of amides is 1. The predicted octanol–water partition coefficient (Wildman–Crippen LogP) is 2.09. The van der Waals surface area contributed by atoms with Crippen LogP contribution in [0.4, 0.5) is 10.7 Å². The fourth-order valence-electron chi connectivity index (χ4n) is 2.53. The van der Waals surface area contributed by atoms with Gasteiger partial charge in [0.05, 0.1) is 16.3 Å². The van der Waals surface area contributed by atoms with E-state index in [1.54, 1.807) is 7.11 Å². The van der Waals surface area contributed by atoms with Crippen LogP contribution in [0.5, 0.6) is 0 Å². The lowest BCUT2D eigenvalue weighted by atomic mass is 9.95. The standard InChI is InChI=1S/C14H23N3O2S/c1-4-16-13(18)12-10(15)8-11(20-12)17-7-5-6-14(2,9-17)19-3/h8H,4-7,9,15H2,1-3H3,(H,16,18). The van der Waals surface area contributed by atoms with Crippen LogP contribution in [0.2, 0.25) is 0 Å². The summed E-state index contributed by atoms with van der Waals surface area (Å²) in [7, 11) is 1.76. The molecule has 1 aliphatic rings. The monoisotopic (exact) mass is 297 g/mol. The largest absolute Gasteiger partial charge is 0.397 e. The summed E-state index contributed by atoms with van der Waals surface area (Å²) in [6, 6.07) is 1.90. The molecule has 0 bridgehead atoms. The Morgan fingerprint density at radius 2 is 2.40 bits per heavy atom. The van der Waals surface area contributed by atoms with E-state index in [0.29, 0.717) is 17.1 Å². The Bertz CT molecular complexity index is 489. The van der Waals surface area contributed by atoms with Crippen LogP contribution in [0.25, 0.3) is 0 Å². The number of hydrogen-bond donors (Lipinski definition) is 2. The molecule has 6 heteroatoms. The van der Waals surface area contributed by atoms with Gasteiger partial charge < -0.3 is 20.7 Å². The van der Waals surface area contributed by atoms with E-state index in [-0.39, 0.29) is 11.5 Å². The van der Waals surface area contributed by atoms with E-state index in [1.165, 1.54) is 11.3 Å². The van der Waals surface area contributed by atoms with Gasteiger partial charge in [0.25, 0.3) is 5.91 Å². The van der Waals surface area contributed by atoms with Crippen molar-refractivity contribution in [1.29, 1.82) is 0 Å². The summed E-state index contributed by atoms with van der Waals surface area (Å²) in [6.07, 6.45) is 2.14. The van der Waals surface area contributed by atoms with E-state index in [9.17, 15) is 4.79 Å². The molecule has 112 valence electrons. The van der Waals surface area contributed by atoms with Gasteiger partial charge in [-0.25, -0.2) is 0 Å². The van der Waals surface area contributed by atoms with E-state index in [4.69, 9.17) is 10.5 Å². The molecule has 1 amide bonds. The van der Waals surface area contributed by atoms with Crippen LogP contribution in [0, 0.1) is 0 Å². The SMILES string of the molecule is CCNC(=O)c1sc(N2CCCC(C)(OC)C2)cc1N. The first-order valence-electron chi connectivity index (χ1n) is 6.96. The number of ether oxygens (including phenoxy) is 1. The molecule has 1 aromatic heterocycles. The fourth-order valence-corrected chi connectivity index (χ4v) is 3.55. The van der Waals surface area contributed by atoms with Gasteiger partial charge in [-0.15, -0.1) is 11.3 Å². The molecule has 1 fully saturated rings. The van der Waals surface area contributed by atoms with Gasteiger partial charge in [-0.2, -0.15) is 0 Å². The summed E-state index contributed by atoms with van der Waals surface area (Å²) >= 11 is 1.46. The molecular formula is C14H23N3O2S. The molecule has 1 saturated heterocycles. The minimum absolute atomic E-state index is 0.0900. The first-order valence-corrected chi connectivity index (χ1v) is 7.78. The summed E-state index contributed by atoms with van der Waals surface area (Å²) in [5, 5.41) is 3.84. The average molecular weight is 297 g/mol. The van der Waals surface area contributed by atoms with Gasteiger partial charge in [0, 0.05) is 26.7 Å². The maximum atomic E-state index is 11.9. The van der Waals surface area contributed by atoms with E-state index in [0.717, 1.165) is 30.9 Å². The Morgan fingerprint density at radius 3 is 3.05 bits per heavy atom.